The first-order chi connectivity index (χ1) is 8.24. The minimum Gasteiger partial charge on any atom is -0.467 e. The zero-order valence-corrected chi connectivity index (χ0v) is 10.1. The highest BCUT2D eigenvalue weighted by atomic mass is 16.3. The van der Waals surface area contributed by atoms with Crippen LogP contribution in [-0.4, -0.2) is 11.5 Å². The van der Waals surface area contributed by atoms with Crippen LogP contribution in [0.15, 0.2) is 35.2 Å². The summed E-state index contributed by atoms with van der Waals surface area (Å²) in [5.74, 6) is 0.895. The zero-order chi connectivity index (χ0) is 12.3. The minimum atomic E-state index is -0.0382. The van der Waals surface area contributed by atoms with E-state index in [1.165, 1.54) is 0 Å². The van der Waals surface area contributed by atoms with Gasteiger partial charge in [-0.25, -0.2) is 0 Å². The number of rotatable bonds is 4. The third-order valence-electron chi connectivity index (χ3n) is 2.77. The summed E-state index contributed by atoms with van der Waals surface area (Å²) in [6, 6.07) is 3.72. The molecule has 4 heteroatoms. The molecule has 0 fully saturated rings. The summed E-state index contributed by atoms with van der Waals surface area (Å²) in [4.78, 5) is 4.13. The van der Waals surface area contributed by atoms with Crippen LogP contribution >= 0.6 is 0 Å². The summed E-state index contributed by atoms with van der Waals surface area (Å²) >= 11 is 0. The lowest BCUT2D eigenvalue weighted by Gasteiger charge is -2.18. The van der Waals surface area contributed by atoms with Crippen molar-refractivity contribution in [3.63, 3.8) is 0 Å². The van der Waals surface area contributed by atoms with Gasteiger partial charge in [0.1, 0.15) is 5.76 Å². The molecule has 0 saturated carbocycles. The maximum absolute atomic E-state index is 5.99. The lowest BCUT2D eigenvalue weighted by molar-refractivity contribution is 0.449. The van der Waals surface area contributed by atoms with Crippen molar-refractivity contribution in [1.29, 1.82) is 0 Å². The van der Waals surface area contributed by atoms with E-state index < -0.39 is 0 Å². The zero-order valence-electron chi connectivity index (χ0n) is 10.1. The molecule has 3 N–H and O–H groups in total. The van der Waals surface area contributed by atoms with Crippen molar-refractivity contribution >= 4 is 5.69 Å². The van der Waals surface area contributed by atoms with Crippen LogP contribution < -0.4 is 11.1 Å². The van der Waals surface area contributed by atoms with Gasteiger partial charge in [-0.2, -0.15) is 0 Å². The van der Waals surface area contributed by atoms with E-state index in [0.29, 0.717) is 0 Å². The molecule has 2 heterocycles. The molecule has 1 atom stereocenters. The molecule has 2 aromatic heterocycles. The molecule has 0 radical (unpaired) electrons. The summed E-state index contributed by atoms with van der Waals surface area (Å²) in [6.45, 7) is 4.91. The van der Waals surface area contributed by atoms with Crippen molar-refractivity contribution in [3.8, 4) is 0 Å². The number of anilines is 1. The summed E-state index contributed by atoms with van der Waals surface area (Å²) in [6.07, 6.45) is 5.17. The number of nitrogens with two attached hydrogens (primary N) is 1. The van der Waals surface area contributed by atoms with E-state index in [4.69, 9.17) is 10.2 Å². The predicted molar refractivity (Wildman–Crippen MR) is 67.6 cm³/mol. The van der Waals surface area contributed by atoms with E-state index in [0.717, 1.165) is 29.1 Å². The summed E-state index contributed by atoms with van der Waals surface area (Å²) < 4.78 is 5.54. The molecule has 4 nitrogen and oxygen atoms in total. The average molecular weight is 231 g/mol. The maximum atomic E-state index is 5.99. The molecule has 2 rings (SSSR count). The third kappa shape index (κ3) is 2.31. The monoisotopic (exact) mass is 231 g/mol. The molecule has 0 bridgehead atoms. The topological polar surface area (TPSA) is 64.1 Å². The number of hydrogen-bond acceptors (Lipinski definition) is 4. The van der Waals surface area contributed by atoms with Gasteiger partial charge in [-0.3, -0.25) is 4.98 Å². The minimum absolute atomic E-state index is 0.0382. The molecule has 0 aliphatic carbocycles. The number of nitrogens with zero attached hydrogens (tertiary/aromatic N) is 1. The summed E-state index contributed by atoms with van der Waals surface area (Å²) in [5, 5.41) is 3.37. The van der Waals surface area contributed by atoms with Gasteiger partial charge in [0.25, 0.3) is 0 Å². The lowest BCUT2D eigenvalue weighted by Crippen LogP contribution is -2.23. The van der Waals surface area contributed by atoms with E-state index in [1.807, 2.05) is 13.0 Å². The number of aromatic nitrogens is 1. The summed E-state index contributed by atoms with van der Waals surface area (Å²) in [5.41, 5.74) is 8.77. The maximum Gasteiger partial charge on any atom is 0.128 e. The second kappa shape index (κ2) is 5.01. The number of nitrogens with one attached hydrogen (secondary N) is 1. The molecule has 0 aliphatic rings. The van der Waals surface area contributed by atoms with Gasteiger partial charge in [0.05, 0.1) is 12.3 Å². The highest BCUT2D eigenvalue weighted by Gasteiger charge is 2.20. The van der Waals surface area contributed by atoms with Gasteiger partial charge in [-0.1, -0.05) is 6.92 Å². The number of aryl methyl sites for hydroxylation is 1. The third-order valence-corrected chi connectivity index (χ3v) is 2.77. The van der Waals surface area contributed by atoms with Crippen LogP contribution in [0.2, 0.25) is 0 Å². The van der Waals surface area contributed by atoms with Crippen molar-refractivity contribution in [3.05, 3.63) is 47.7 Å². The van der Waals surface area contributed by atoms with E-state index in [2.05, 4.69) is 17.2 Å². The Morgan fingerprint density at radius 1 is 1.47 bits per heavy atom. The Balaban J connectivity index is 2.43. The van der Waals surface area contributed by atoms with Crippen LogP contribution in [0.5, 0.6) is 0 Å². The smallest absolute Gasteiger partial charge is 0.128 e. The molecule has 0 aliphatic heterocycles. The van der Waals surface area contributed by atoms with Crippen LogP contribution in [0.3, 0.4) is 0 Å². The van der Waals surface area contributed by atoms with Crippen LogP contribution in [0.25, 0.3) is 0 Å². The molecule has 90 valence electrons. The first-order valence-corrected chi connectivity index (χ1v) is 5.70. The van der Waals surface area contributed by atoms with Crippen LogP contribution in [0.1, 0.15) is 29.9 Å². The normalized spacial score (nSPS) is 12.6. The lowest BCUT2D eigenvalue weighted by atomic mass is 10.0. The van der Waals surface area contributed by atoms with Gasteiger partial charge < -0.3 is 15.5 Å². The average Bonchev–Trinajstić information content (AvgIpc) is 2.74. The molecule has 17 heavy (non-hydrogen) atoms. The largest absolute Gasteiger partial charge is 0.467 e. The fourth-order valence-electron chi connectivity index (χ4n) is 1.89. The Hall–Kier alpha value is -1.81. The van der Waals surface area contributed by atoms with E-state index >= 15 is 0 Å². The number of pyridine rings is 1. The van der Waals surface area contributed by atoms with Crippen LogP contribution in [0.4, 0.5) is 5.69 Å². The highest BCUT2D eigenvalue weighted by Crippen LogP contribution is 2.28. The Morgan fingerprint density at radius 2 is 2.29 bits per heavy atom. The fourth-order valence-corrected chi connectivity index (χ4v) is 1.89. The highest BCUT2D eigenvalue weighted by molar-refractivity contribution is 5.49. The van der Waals surface area contributed by atoms with Crippen molar-refractivity contribution in [2.75, 3.05) is 12.3 Å². The van der Waals surface area contributed by atoms with Crippen molar-refractivity contribution in [2.45, 2.75) is 19.9 Å². The number of hydrogen-bond donors (Lipinski definition) is 2. The van der Waals surface area contributed by atoms with Crippen LogP contribution in [-0.2, 0) is 0 Å². The second-order valence-electron chi connectivity index (χ2n) is 3.96. The first kappa shape index (κ1) is 11.7. The predicted octanol–water partition coefficient (Wildman–Crippen LogP) is 2.26. The second-order valence-corrected chi connectivity index (χ2v) is 3.96. The Kier molecular flexibility index (Phi) is 3.44. The number of furan rings is 1. The molecular weight excluding hydrogens is 214 g/mol. The molecule has 2 aromatic rings. The van der Waals surface area contributed by atoms with E-state index in [9.17, 15) is 0 Å². The van der Waals surface area contributed by atoms with Crippen LogP contribution in [0, 0.1) is 6.92 Å². The van der Waals surface area contributed by atoms with E-state index in [-0.39, 0.29) is 6.04 Å². The quantitative estimate of drug-likeness (QED) is 0.847. The molecular formula is C13H17N3O. The molecule has 0 spiro atoms. The van der Waals surface area contributed by atoms with Gasteiger partial charge in [0, 0.05) is 23.6 Å². The summed E-state index contributed by atoms with van der Waals surface area (Å²) in [7, 11) is 0. The van der Waals surface area contributed by atoms with Gasteiger partial charge in [0.2, 0.25) is 0 Å². The van der Waals surface area contributed by atoms with Crippen molar-refractivity contribution in [2.24, 2.45) is 0 Å². The van der Waals surface area contributed by atoms with Gasteiger partial charge in [-0.15, -0.1) is 0 Å². The Labute approximate surface area is 101 Å². The molecule has 0 aromatic carbocycles. The Morgan fingerprint density at radius 3 is 2.88 bits per heavy atom. The van der Waals surface area contributed by atoms with Crippen molar-refractivity contribution in [1.82, 2.24) is 10.3 Å². The fraction of sp³-hybridized carbons (Fsp3) is 0.308. The van der Waals surface area contributed by atoms with E-state index in [1.54, 1.807) is 24.7 Å². The van der Waals surface area contributed by atoms with Gasteiger partial charge >= 0.3 is 0 Å². The molecule has 0 saturated heterocycles. The number of nitrogen functional groups attached to an aromatic ring is 1. The SMILES string of the molecule is CCNC(c1cnccc1N)c1occc1C. The molecule has 0 amide bonds. The standard InChI is InChI=1S/C13H17N3O/c1-3-16-12(13-9(2)5-7-17-13)10-8-15-6-4-11(10)14/h4-8,12,16H,3H2,1-2H3,(H2,14,15). The van der Waals surface area contributed by atoms with Crippen molar-refractivity contribution < 1.29 is 4.42 Å². The first-order valence-electron chi connectivity index (χ1n) is 5.70. The van der Waals surface area contributed by atoms with Gasteiger partial charge in [-0.05, 0) is 31.2 Å². The molecule has 1 unspecified atom stereocenters. The Bertz CT molecular complexity index is 493. The van der Waals surface area contributed by atoms with Gasteiger partial charge in [0.15, 0.2) is 0 Å².